The average molecular weight is 689 g/mol. The van der Waals surface area contributed by atoms with Crippen LogP contribution in [-0.2, 0) is 27.7 Å². The smallest absolute Gasteiger partial charge is 0.258 e. The Kier molecular flexibility index (Phi) is 11.8. The number of carbonyl (C=O) groups is 1. The topological polar surface area (TPSA) is 132 Å². The Morgan fingerprint density at radius 3 is 2.24 bits per heavy atom. The molecular weight excluding hydrogens is 644 g/mol. The number of hydrogen-bond donors (Lipinski definition) is 3. The van der Waals surface area contributed by atoms with Crippen LogP contribution in [0.2, 0.25) is 0 Å². The van der Waals surface area contributed by atoms with Crippen molar-refractivity contribution in [2.75, 3.05) is 19.9 Å². The van der Waals surface area contributed by atoms with Gasteiger partial charge >= 0.3 is 0 Å². The summed E-state index contributed by atoms with van der Waals surface area (Å²) < 4.78 is 50.0. The van der Waals surface area contributed by atoms with E-state index in [0.717, 1.165) is 22.3 Å². The summed E-state index contributed by atoms with van der Waals surface area (Å²) in [5.41, 5.74) is 3.71. The predicted octanol–water partition coefficient (Wildman–Crippen LogP) is 5.12. The highest BCUT2D eigenvalue weighted by molar-refractivity contribution is 7.92. The van der Waals surface area contributed by atoms with E-state index in [0.29, 0.717) is 29.6 Å². The van der Waals surface area contributed by atoms with Gasteiger partial charge in [-0.25, -0.2) is 8.42 Å². The van der Waals surface area contributed by atoms with E-state index in [1.165, 1.54) is 12.1 Å². The molecule has 0 aliphatic carbocycles. The summed E-state index contributed by atoms with van der Waals surface area (Å²) >= 11 is 0. The highest BCUT2D eigenvalue weighted by Crippen LogP contribution is 2.35. The Balaban J connectivity index is 1.28. The van der Waals surface area contributed by atoms with Gasteiger partial charge in [-0.05, 0) is 72.7 Å². The molecule has 0 saturated heterocycles. The first kappa shape index (κ1) is 35.7. The fourth-order valence-corrected chi connectivity index (χ4v) is 7.55. The lowest BCUT2D eigenvalue weighted by Crippen LogP contribution is -2.52. The molecule has 0 aromatic heterocycles. The Morgan fingerprint density at radius 1 is 0.857 bits per heavy atom. The Bertz CT molecular complexity index is 1790. The van der Waals surface area contributed by atoms with Crippen molar-refractivity contribution in [2.24, 2.45) is 5.92 Å². The summed E-state index contributed by atoms with van der Waals surface area (Å²) in [4.78, 5) is 13.3. The fourth-order valence-electron chi connectivity index (χ4n) is 5.70. The molecule has 49 heavy (non-hydrogen) atoms. The molecule has 4 aromatic rings. The number of hydrogen-bond acceptors (Lipinski definition) is 9. The number of nitrogens with one attached hydrogen (secondary N) is 2. The van der Waals surface area contributed by atoms with Gasteiger partial charge in [0, 0.05) is 12.6 Å². The number of fused-ring (bicyclic) bond motifs is 1. The van der Waals surface area contributed by atoms with Crippen LogP contribution in [0.5, 0.6) is 23.0 Å². The number of para-hydroxylation sites is 1. The second-order valence-electron chi connectivity index (χ2n) is 12.5. The minimum atomic E-state index is -3.88. The summed E-state index contributed by atoms with van der Waals surface area (Å²) in [5, 5.41) is 16.4. The van der Waals surface area contributed by atoms with Crippen molar-refractivity contribution in [1.82, 2.24) is 10.6 Å². The van der Waals surface area contributed by atoms with Crippen LogP contribution in [-0.4, -0.2) is 56.9 Å². The van der Waals surface area contributed by atoms with Crippen LogP contribution in [0.1, 0.15) is 36.1 Å². The summed E-state index contributed by atoms with van der Waals surface area (Å²) in [7, 11) is -3.88. The Morgan fingerprint density at radius 2 is 1.55 bits per heavy atom. The first-order chi connectivity index (χ1) is 23.5. The van der Waals surface area contributed by atoms with Crippen molar-refractivity contribution in [3.8, 4) is 23.0 Å². The van der Waals surface area contributed by atoms with E-state index >= 15 is 0 Å². The number of sulfone groups is 1. The maximum Gasteiger partial charge on any atom is 0.258 e. The van der Waals surface area contributed by atoms with Crippen molar-refractivity contribution >= 4 is 15.7 Å². The quantitative estimate of drug-likeness (QED) is 0.147. The van der Waals surface area contributed by atoms with Crippen LogP contribution in [0, 0.1) is 19.8 Å². The van der Waals surface area contributed by atoms with E-state index in [-0.39, 0.29) is 37.2 Å². The molecular formula is C38H44N2O8S. The van der Waals surface area contributed by atoms with E-state index in [2.05, 4.69) is 10.6 Å². The third kappa shape index (κ3) is 9.32. The molecule has 10 nitrogen and oxygen atoms in total. The van der Waals surface area contributed by atoms with Crippen molar-refractivity contribution in [1.29, 1.82) is 0 Å². The summed E-state index contributed by atoms with van der Waals surface area (Å²) in [6.45, 7) is 7.51. The maximum absolute atomic E-state index is 13.7. The third-order valence-electron chi connectivity index (χ3n) is 8.34. The largest absolute Gasteiger partial charge is 0.489 e. The van der Waals surface area contributed by atoms with Gasteiger partial charge in [-0.15, -0.1) is 0 Å². The van der Waals surface area contributed by atoms with Gasteiger partial charge in [-0.1, -0.05) is 74.5 Å². The molecule has 1 heterocycles. The van der Waals surface area contributed by atoms with Crippen molar-refractivity contribution < 1.29 is 37.3 Å². The number of rotatable bonds is 16. The van der Waals surface area contributed by atoms with Gasteiger partial charge in [-0.3, -0.25) is 10.1 Å². The van der Waals surface area contributed by atoms with E-state index in [1.54, 1.807) is 19.9 Å². The van der Waals surface area contributed by atoms with E-state index in [9.17, 15) is 18.3 Å². The molecule has 11 heteroatoms. The van der Waals surface area contributed by atoms with Gasteiger partial charge in [-0.2, -0.15) is 0 Å². The lowest BCUT2D eigenvalue weighted by molar-refractivity contribution is -0.124. The van der Waals surface area contributed by atoms with Gasteiger partial charge in [0.25, 0.3) is 5.91 Å². The minimum absolute atomic E-state index is 0.0308. The summed E-state index contributed by atoms with van der Waals surface area (Å²) in [6.07, 6.45) is -0.871. The molecule has 1 aliphatic heterocycles. The molecule has 3 N–H and O–H groups in total. The van der Waals surface area contributed by atoms with Crippen molar-refractivity contribution in [2.45, 2.75) is 63.1 Å². The number of aliphatic hydroxyl groups excluding tert-OH is 1. The molecule has 0 bridgehead atoms. The van der Waals surface area contributed by atoms with Gasteiger partial charge in [0.05, 0.1) is 17.0 Å². The normalized spacial score (nSPS) is 14.2. The summed E-state index contributed by atoms with van der Waals surface area (Å²) in [5.74, 6) is 1.42. The molecule has 1 unspecified atom stereocenters. The van der Waals surface area contributed by atoms with Crippen LogP contribution >= 0.6 is 0 Å². The van der Waals surface area contributed by atoms with Crippen LogP contribution in [0.15, 0.2) is 95.9 Å². The minimum Gasteiger partial charge on any atom is -0.489 e. The van der Waals surface area contributed by atoms with Crippen LogP contribution in [0.3, 0.4) is 0 Å². The van der Waals surface area contributed by atoms with Crippen molar-refractivity contribution in [3.63, 3.8) is 0 Å². The monoisotopic (exact) mass is 688 g/mol. The number of aryl methyl sites for hydroxylation is 2. The van der Waals surface area contributed by atoms with Crippen LogP contribution < -0.4 is 29.6 Å². The predicted molar refractivity (Wildman–Crippen MR) is 187 cm³/mol. The number of amides is 1. The SMILES string of the molecule is Cc1cccc(C)c1OCC(=O)N[C@@H](Cc1ccc(OCc2ccccc2)cc1)[C@H](O)CNC(C(C)C)S(=O)(=O)c1ccc2c(c1)OCO2. The molecule has 1 aliphatic rings. The van der Waals surface area contributed by atoms with Gasteiger partial charge in [0.15, 0.2) is 27.9 Å². The third-order valence-corrected chi connectivity index (χ3v) is 10.6. The molecule has 4 aromatic carbocycles. The highest BCUT2D eigenvalue weighted by atomic mass is 32.2. The summed E-state index contributed by atoms with van der Waals surface area (Å²) in [6, 6.07) is 26.8. The first-order valence-corrected chi connectivity index (χ1v) is 17.8. The standard InChI is InChI=1S/C38H44N2O8S/c1-25(2)38(49(43,44)31-17-18-34-35(20-31)48-24-47-34)39-21-33(41)32(40-36(42)23-46-37-26(3)9-8-10-27(37)4)19-28-13-15-30(16-14-28)45-22-29-11-6-5-7-12-29/h5-18,20,25,32-33,38-39,41H,19,21-24H2,1-4H3,(H,40,42)/t32-,33+,38?/m0/s1. The van der Waals surface area contributed by atoms with E-state index in [1.807, 2.05) is 86.6 Å². The molecule has 0 saturated carbocycles. The second-order valence-corrected chi connectivity index (χ2v) is 14.6. The molecule has 5 rings (SSSR count). The van der Waals surface area contributed by atoms with E-state index < -0.39 is 33.3 Å². The second kappa shape index (κ2) is 16.2. The lowest BCUT2D eigenvalue weighted by Gasteiger charge is -2.28. The van der Waals surface area contributed by atoms with Gasteiger partial charge in [0.1, 0.15) is 23.5 Å². The number of aliphatic hydroxyl groups is 1. The van der Waals surface area contributed by atoms with Crippen molar-refractivity contribution in [3.05, 3.63) is 113 Å². The van der Waals surface area contributed by atoms with Gasteiger partial charge in [0.2, 0.25) is 6.79 Å². The lowest BCUT2D eigenvalue weighted by atomic mass is 10.0. The molecule has 0 radical (unpaired) electrons. The zero-order valence-electron chi connectivity index (χ0n) is 28.2. The maximum atomic E-state index is 13.7. The van der Waals surface area contributed by atoms with Crippen LogP contribution in [0.4, 0.5) is 0 Å². The zero-order chi connectivity index (χ0) is 35.0. The Hall–Kier alpha value is -4.58. The first-order valence-electron chi connectivity index (χ1n) is 16.3. The van der Waals surface area contributed by atoms with E-state index in [4.69, 9.17) is 18.9 Å². The Labute approximate surface area is 288 Å². The molecule has 260 valence electrons. The number of carbonyl (C=O) groups excluding carboxylic acids is 1. The molecule has 0 spiro atoms. The van der Waals surface area contributed by atoms with Gasteiger partial charge < -0.3 is 29.4 Å². The number of ether oxygens (including phenoxy) is 4. The fraction of sp³-hybridized carbons (Fsp3) is 0.342. The number of benzene rings is 4. The molecule has 3 atom stereocenters. The highest BCUT2D eigenvalue weighted by Gasteiger charge is 2.33. The van der Waals surface area contributed by atoms with Crippen LogP contribution in [0.25, 0.3) is 0 Å². The average Bonchev–Trinajstić information content (AvgIpc) is 3.56. The molecule has 1 amide bonds. The zero-order valence-corrected chi connectivity index (χ0v) is 29.0. The molecule has 0 fully saturated rings.